The molecule has 1 aromatic rings. The molecule has 2 aliphatic carbocycles. The summed E-state index contributed by atoms with van der Waals surface area (Å²) in [7, 11) is 1.51. The molecule has 3 heterocycles. The summed E-state index contributed by atoms with van der Waals surface area (Å²) < 4.78 is 50.2. The first-order valence-electron chi connectivity index (χ1n) is 14.7. The Kier molecular flexibility index (Phi) is 10.3. The molecule has 1 saturated carbocycles. The van der Waals surface area contributed by atoms with Crippen LogP contribution in [0.25, 0.3) is 0 Å². The fourth-order valence-electron chi connectivity index (χ4n) is 7.41. The van der Waals surface area contributed by atoms with Gasteiger partial charge in [0.1, 0.15) is 11.7 Å². The number of nitrogens with zero attached hydrogens (tertiary/aromatic N) is 1. The number of aliphatic hydroxyl groups excluding tert-OH is 2. The van der Waals surface area contributed by atoms with Crippen molar-refractivity contribution in [3.8, 4) is 0 Å². The largest absolute Gasteiger partial charge is 0.490 e. The van der Waals surface area contributed by atoms with Crippen molar-refractivity contribution in [3.63, 3.8) is 0 Å². The van der Waals surface area contributed by atoms with Crippen LogP contribution < -0.4 is 5.32 Å². The Hall–Kier alpha value is -2.84. The molecule has 0 aromatic carbocycles. The highest BCUT2D eigenvalue weighted by Gasteiger charge is 2.68. The van der Waals surface area contributed by atoms with E-state index < -0.39 is 48.1 Å². The predicted molar refractivity (Wildman–Crippen MR) is 151 cm³/mol. The maximum Gasteiger partial charge on any atom is 0.490 e. The van der Waals surface area contributed by atoms with Crippen molar-refractivity contribution in [2.24, 2.45) is 29.6 Å². The van der Waals surface area contributed by atoms with Gasteiger partial charge in [-0.15, -0.1) is 0 Å². The van der Waals surface area contributed by atoms with E-state index in [1.165, 1.54) is 7.11 Å². The maximum atomic E-state index is 13.1. The van der Waals surface area contributed by atoms with Gasteiger partial charge in [-0.3, -0.25) is 4.98 Å². The Morgan fingerprint density at radius 2 is 1.89 bits per heavy atom. The van der Waals surface area contributed by atoms with Crippen LogP contribution in [0.15, 0.2) is 48.3 Å². The fourth-order valence-corrected chi connectivity index (χ4v) is 7.41. The van der Waals surface area contributed by atoms with Gasteiger partial charge in [0, 0.05) is 61.7 Å². The molecule has 1 saturated heterocycles. The lowest BCUT2D eigenvalue weighted by Gasteiger charge is -2.49. The second-order valence-corrected chi connectivity index (χ2v) is 12.2. The van der Waals surface area contributed by atoms with E-state index in [1.54, 1.807) is 19.3 Å². The number of hydrogen-bond donors (Lipinski definition) is 4. The zero-order valence-electron chi connectivity index (χ0n) is 25.3. The van der Waals surface area contributed by atoms with E-state index in [4.69, 9.17) is 24.1 Å². The lowest BCUT2D eigenvalue weighted by molar-refractivity contribution is -0.192. The molecule has 12 atom stereocenters. The summed E-state index contributed by atoms with van der Waals surface area (Å²) in [6, 6.07) is 3.92. The van der Waals surface area contributed by atoms with Crippen molar-refractivity contribution in [1.82, 2.24) is 10.3 Å². The summed E-state index contributed by atoms with van der Waals surface area (Å²) >= 11 is 0. The van der Waals surface area contributed by atoms with Gasteiger partial charge in [0.2, 0.25) is 0 Å². The van der Waals surface area contributed by atoms with Crippen molar-refractivity contribution in [2.75, 3.05) is 7.11 Å². The van der Waals surface area contributed by atoms with E-state index in [1.807, 2.05) is 19.1 Å². The van der Waals surface area contributed by atoms with Crippen LogP contribution in [0.5, 0.6) is 0 Å². The number of aromatic nitrogens is 1. The van der Waals surface area contributed by atoms with Crippen LogP contribution in [0.2, 0.25) is 0 Å². The molecule has 1 aromatic heterocycles. The normalized spacial score (nSPS) is 40.0. The first kappa shape index (κ1) is 34.0. The van der Waals surface area contributed by atoms with Crippen LogP contribution in [0.4, 0.5) is 13.2 Å². The van der Waals surface area contributed by atoms with Crippen LogP contribution in [0.3, 0.4) is 0 Å². The van der Waals surface area contributed by atoms with Crippen molar-refractivity contribution >= 4 is 11.9 Å². The third-order valence-corrected chi connectivity index (χ3v) is 9.49. The topological polar surface area (TPSA) is 147 Å². The van der Waals surface area contributed by atoms with E-state index in [2.05, 4.69) is 42.4 Å². The van der Waals surface area contributed by atoms with Crippen molar-refractivity contribution in [1.29, 1.82) is 0 Å². The van der Waals surface area contributed by atoms with E-state index in [0.29, 0.717) is 13.0 Å². The van der Waals surface area contributed by atoms with Gasteiger partial charge in [0.15, 0.2) is 6.10 Å². The van der Waals surface area contributed by atoms with Crippen molar-refractivity contribution in [2.45, 2.75) is 89.0 Å². The zero-order valence-corrected chi connectivity index (χ0v) is 25.3. The van der Waals surface area contributed by atoms with Crippen LogP contribution >= 0.6 is 0 Å². The average molecular weight is 627 g/mol. The van der Waals surface area contributed by atoms with Crippen LogP contribution in [0, 0.1) is 29.6 Å². The third-order valence-electron chi connectivity index (χ3n) is 9.49. The molecule has 4 aliphatic rings. The maximum absolute atomic E-state index is 13.1. The molecule has 44 heavy (non-hydrogen) atoms. The number of aliphatic hydroxyl groups is 2. The van der Waals surface area contributed by atoms with Crippen LogP contribution in [-0.4, -0.2) is 87.7 Å². The monoisotopic (exact) mass is 626 g/mol. The number of carboxylic acids is 1. The number of carboxylic acid groups (broad SMARTS) is 1. The van der Waals surface area contributed by atoms with Gasteiger partial charge in [-0.05, 0) is 43.5 Å². The van der Waals surface area contributed by atoms with Gasteiger partial charge >= 0.3 is 18.1 Å². The molecular formula is C31H41F3N2O8. The number of aliphatic carboxylic acids is 1. The number of hydrogen-bond acceptors (Lipinski definition) is 9. The van der Waals surface area contributed by atoms with Gasteiger partial charge in [-0.2, -0.15) is 13.2 Å². The van der Waals surface area contributed by atoms with E-state index >= 15 is 0 Å². The Balaban J connectivity index is 0.000000566. The molecule has 1 spiro atoms. The van der Waals surface area contributed by atoms with Gasteiger partial charge in [0.05, 0.1) is 18.3 Å². The Morgan fingerprint density at radius 3 is 2.45 bits per heavy atom. The van der Waals surface area contributed by atoms with E-state index in [0.717, 1.165) is 11.1 Å². The fraction of sp³-hybridized carbons (Fsp3) is 0.645. The van der Waals surface area contributed by atoms with Crippen LogP contribution in [0.1, 0.15) is 39.7 Å². The quantitative estimate of drug-likeness (QED) is 0.284. The number of pyridine rings is 1. The van der Waals surface area contributed by atoms with Crippen molar-refractivity contribution < 1.29 is 52.3 Å². The average Bonchev–Trinajstić information content (AvgIpc) is 3.15. The first-order valence-corrected chi connectivity index (χ1v) is 14.7. The SMILES string of the molecule is CO[C@H]1C[C@H]2C=C[C@H]3[C@H]4O[C@]2(/C(C)=C/[C@@H](C)[C@@H](C(C)O)OC1=O)[C@@H]3C(O)C(C)[C@@H]4NCc1ccncc1.O=C(O)C(F)(F)F. The summed E-state index contributed by atoms with van der Waals surface area (Å²) in [5.74, 6) is -3.81. The standard InChI is InChI=1S/C29H40N2O6.C2HF3O2/c1-15-12-16(2)29-20(13-22(35-5)28(34)36-26(15)18(4)32)6-7-21-23(29)25(33)17(3)24(27(21)37-29)31-14-19-8-10-30-11-9-19;3-2(4,5)1(6)7/h6-12,15,17-18,20-27,31-33H,13-14H2,1-5H3;(H,6,7)/b16-12+;/t15-,17?,18?,20-,21-,22+,23+,24+,25?,26+,27-,29+;/m1./s1. The lowest BCUT2D eigenvalue weighted by atomic mass is 9.57. The number of ether oxygens (including phenoxy) is 3. The number of alkyl halides is 3. The van der Waals surface area contributed by atoms with Crippen molar-refractivity contribution in [3.05, 3.63) is 53.9 Å². The Morgan fingerprint density at radius 1 is 1.25 bits per heavy atom. The molecular weight excluding hydrogens is 585 g/mol. The molecule has 13 heteroatoms. The first-order chi connectivity index (χ1) is 20.6. The van der Waals surface area contributed by atoms with Gasteiger partial charge < -0.3 is 34.8 Å². The number of nitrogens with one attached hydrogen (secondary N) is 1. The highest BCUT2D eigenvalue weighted by Crippen LogP contribution is 2.60. The summed E-state index contributed by atoms with van der Waals surface area (Å²) in [6.07, 6.45) is 2.16. The minimum Gasteiger partial charge on any atom is -0.475 e. The van der Waals surface area contributed by atoms with Gasteiger partial charge in [-0.1, -0.05) is 32.1 Å². The summed E-state index contributed by atoms with van der Waals surface area (Å²) in [5.41, 5.74) is 1.35. The molecule has 3 unspecified atom stereocenters. The van der Waals surface area contributed by atoms with E-state index in [9.17, 15) is 28.2 Å². The molecule has 2 aliphatic heterocycles. The molecule has 244 valence electrons. The number of halogens is 3. The minimum absolute atomic E-state index is 0.0337. The number of carbonyl (C=O) groups is 2. The molecule has 10 nitrogen and oxygen atoms in total. The number of cyclic esters (lactones) is 1. The number of methoxy groups -OCH3 is 1. The summed E-state index contributed by atoms with van der Waals surface area (Å²) in [5, 5.41) is 33.0. The summed E-state index contributed by atoms with van der Waals surface area (Å²) in [4.78, 5) is 26.1. The Bertz CT molecular complexity index is 1240. The van der Waals surface area contributed by atoms with Crippen LogP contribution in [-0.2, 0) is 30.3 Å². The number of carbonyl (C=O) groups excluding carboxylic acids is 1. The lowest BCUT2D eigenvalue weighted by Crippen LogP contribution is -2.59. The third kappa shape index (κ3) is 6.43. The second kappa shape index (κ2) is 13.3. The highest BCUT2D eigenvalue weighted by atomic mass is 19.4. The second-order valence-electron chi connectivity index (χ2n) is 12.2. The predicted octanol–water partition coefficient (Wildman–Crippen LogP) is 3.03. The van der Waals surface area contributed by atoms with E-state index in [-0.39, 0.29) is 41.7 Å². The summed E-state index contributed by atoms with van der Waals surface area (Å²) in [6.45, 7) is 8.38. The number of esters is 1. The molecule has 5 rings (SSSR count). The molecule has 4 bridgehead atoms. The molecule has 2 fully saturated rings. The van der Waals surface area contributed by atoms with Gasteiger partial charge in [-0.25, -0.2) is 9.59 Å². The highest BCUT2D eigenvalue weighted by molar-refractivity contribution is 5.75. The van der Waals surface area contributed by atoms with Gasteiger partial charge in [0.25, 0.3) is 0 Å². The Labute approximate surface area is 254 Å². The molecule has 4 N–H and O–H groups in total. The molecule has 0 amide bonds. The smallest absolute Gasteiger partial charge is 0.475 e. The zero-order chi connectivity index (χ0) is 32.6. The number of rotatable bonds is 5. The minimum atomic E-state index is -5.08. The molecule has 0 radical (unpaired) electrons.